The van der Waals surface area contributed by atoms with Gasteiger partial charge in [-0.05, 0) is 24.8 Å². The van der Waals surface area contributed by atoms with Gasteiger partial charge in [0.25, 0.3) is 0 Å². The third-order valence-corrected chi connectivity index (χ3v) is 4.17. The number of aromatic nitrogens is 1. The molecule has 0 bridgehead atoms. The van der Waals surface area contributed by atoms with Gasteiger partial charge in [0.15, 0.2) is 0 Å². The first-order valence-corrected chi connectivity index (χ1v) is 7.65. The van der Waals surface area contributed by atoms with Crippen molar-refractivity contribution in [3.8, 4) is 0 Å². The van der Waals surface area contributed by atoms with Gasteiger partial charge < -0.3 is 15.8 Å². The van der Waals surface area contributed by atoms with Crippen LogP contribution >= 0.6 is 12.2 Å². The summed E-state index contributed by atoms with van der Waals surface area (Å²) in [6.45, 7) is 2.62. The van der Waals surface area contributed by atoms with Gasteiger partial charge in [0.2, 0.25) is 0 Å². The number of nitrogens with zero attached hydrogens (tertiary/aromatic N) is 1. The topological polar surface area (TPSA) is 60.2 Å². The molecule has 4 nitrogen and oxygen atoms in total. The summed E-state index contributed by atoms with van der Waals surface area (Å²) in [5.74, 6) is 0.630. The highest BCUT2D eigenvalue weighted by molar-refractivity contribution is 7.80. The number of fused-ring (bicyclic) bond motifs is 1. The molecule has 2 aromatic rings. The van der Waals surface area contributed by atoms with Crippen molar-refractivity contribution < 1.29 is 4.74 Å². The zero-order chi connectivity index (χ0) is 14.7. The van der Waals surface area contributed by atoms with E-state index in [2.05, 4.69) is 16.4 Å². The van der Waals surface area contributed by atoms with Crippen molar-refractivity contribution in [2.45, 2.75) is 12.8 Å². The summed E-state index contributed by atoms with van der Waals surface area (Å²) in [7, 11) is 0. The van der Waals surface area contributed by atoms with Crippen molar-refractivity contribution in [2.75, 3.05) is 25.1 Å². The van der Waals surface area contributed by atoms with Crippen LogP contribution in [0.15, 0.2) is 30.5 Å². The zero-order valence-electron chi connectivity index (χ0n) is 11.8. The Kier molecular flexibility index (Phi) is 4.31. The van der Waals surface area contributed by atoms with E-state index in [0.717, 1.165) is 54.8 Å². The van der Waals surface area contributed by atoms with E-state index in [-0.39, 0.29) is 0 Å². The fourth-order valence-electron chi connectivity index (χ4n) is 2.72. The summed E-state index contributed by atoms with van der Waals surface area (Å²) in [4.78, 5) is 4.81. The minimum atomic E-state index is 0.378. The Bertz CT molecular complexity index is 653. The van der Waals surface area contributed by atoms with Crippen LogP contribution in [-0.4, -0.2) is 29.7 Å². The molecular formula is C16H19N3OS. The molecule has 3 N–H and O–H groups in total. The van der Waals surface area contributed by atoms with Crippen LogP contribution in [0.5, 0.6) is 0 Å². The fourth-order valence-corrected chi connectivity index (χ4v) is 2.87. The molecule has 2 heterocycles. The van der Waals surface area contributed by atoms with Crippen LogP contribution in [0.4, 0.5) is 5.69 Å². The van der Waals surface area contributed by atoms with Crippen LogP contribution in [0.25, 0.3) is 10.9 Å². The van der Waals surface area contributed by atoms with Crippen molar-refractivity contribution >= 4 is 33.8 Å². The highest BCUT2D eigenvalue weighted by Crippen LogP contribution is 2.27. The summed E-state index contributed by atoms with van der Waals surface area (Å²) in [6, 6.07) is 8.04. The lowest BCUT2D eigenvalue weighted by Crippen LogP contribution is -2.24. The van der Waals surface area contributed by atoms with Crippen LogP contribution in [-0.2, 0) is 4.74 Å². The molecule has 1 aromatic heterocycles. The predicted molar refractivity (Wildman–Crippen MR) is 89.7 cm³/mol. The SMILES string of the molecule is NC(=S)c1cnc2ccccc2c1NCC1CCOCC1. The molecule has 1 saturated heterocycles. The first-order valence-electron chi connectivity index (χ1n) is 7.25. The largest absolute Gasteiger partial charge is 0.389 e. The van der Waals surface area contributed by atoms with Crippen LogP contribution in [0, 0.1) is 5.92 Å². The summed E-state index contributed by atoms with van der Waals surface area (Å²) < 4.78 is 5.41. The second kappa shape index (κ2) is 6.37. The number of hydrogen-bond acceptors (Lipinski definition) is 4. The summed E-state index contributed by atoms with van der Waals surface area (Å²) in [5.41, 5.74) is 8.61. The third kappa shape index (κ3) is 3.14. The number of rotatable bonds is 4. The third-order valence-electron chi connectivity index (χ3n) is 3.95. The Morgan fingerprint density at radius 2 is 2.10 bits per heavy atom. The van der Waals surface area contributed by atoms with Crippen LogP contribution < -0.4 is 11.1 Å². The van der Waals surface area contributed by atoms with Gasteiger partial charge in [-0.3, -0.25) is 4.98 Å². The molecule has 0 radical (unpaired) electrons. The molecule has 0 atom stereocenters. The molecule has 0 spiro atoms. The zero-order valence-corrected chi connectivity index (χ0v) is 12.7. The van der Waals surface area contributed by atoms with Gasteiger partial charge in [0.05, 0.1) is 16.8 Å². The van der Waals surface area contributed by atoms with Crippen LogP contribution in [0.3, 0.4) is 0 Å². The Hall–Kier alpha value is -1.72. The molecule has 1 aliphatic rings. The van der Waals surface area contributed by atoms with E-state index < -0.39 is 0 Å². The number of para-hydroxylation sites is 1. The van der Waals surface area contributed by atoms with E-state index in [4.69, 9.17) is 22.7 Å². The Morgan fingerprint density at radius 3 is 2.86 bits per heavy atom. The Morgan fingerprint density at radius 1 is 1.33 bits per heavy atom. The predicted octanol–water partition coefficient (Wildman–Crippen LogP) is 2.71. The van der Waals surface area contributed by atoms with Gasteiger partial charge in [0.1, 0.15) is 4.99 Å². The number of thiocarbonyl (C=S) groups is 1. The highest BCUT2D eigenvalue weighted by Gasteiger charge is 2.16. The van der Waals surface area contributed by atoms with Crippen molar-refractivity contribution in [3.63, 3.8) is 0 Å². The standard InChI is InChI=1S/C16H19N3OS/c17-16(21)13-10-18-14-4-2-1-3-12(14)15(13)19-9-11-5-7-20-8-6-11/h1-4,10-11H,5-9H2,(H2,17,21)(H,18,19). The van der Waals surface area contributed by atoms with Crippen LogP contribution in [0.1, 0.15) is 18.4 Å². The maximum absolute atomic E-state index is 5.85. The first-order chi connectivity index (χ1) is 10.3. The summed E-state index contributed by atoms with van der Waals surface area (Å²) >= 11 is 5.16. The van der Waals surface area contributed by atoms with Gasteiger partial charge in [-0.25, -0.2) is 0 Å². The Labute approximate surface area is 129 Å². The molecule has 5 heteroatoms. The number of benzene rings is 1. The minimum Gasteiger partial charge on any atom is -0.389 e. The van der Waals surface area contributed by atoms with Crippen molar-refractivity contribution in [1.29, 1.82) is 0 Å². The molecular weight excluding hydrogens is 282 g/mol. The second-order valence-corrected chi connectivity index (χ2v) is 5.80. The van der Waals surface area contributed by atoms with Gasteiger partial charge in [0, 0.05) is 31.3 Å². The lowest BCUT2D eigenvalue weighted by atomic mass is 10.00. The normalized spacial score (nSPS) is 16.0. The maximum Gasteiger partial charge on any atom is 0.107 e. The fraction of sp³-hybridized carbons (Fsp3) is 0.375. The van der Waals surface area contributed by atoms with E-state index in [9.17, 15) is 0 Å². The van der Waals surface area contributed by atoms with E-state index in [1.807, 2.05) is 18.2 Å². The van der Waals surface area contributed by atoms with Gasteiger partial charge >= 0.3 is 0 Å². The molecule has 1 aromatic carbocycles. The number of hydrogen-bond donors (Lipinski definition) is 2. The van der Waals surface area contributed by atoms with E-state index >= 15 is 0 Å². The quantitative estimate of drug-likeness (QED) is 0.850. The van der Waals surface area contributed by atoms with Gasteiger partial charge in [-0.2, -0.15) is 0 Å². The maximum atomic E-state index is 5.85. The molecule has 0 saturated carbocycles. The summed E-state index contributed by atoms with van der Waals surface area (Å²) in [6.07, 6.45) is 3.95. The van der Waals surface area contributed by atoms with Gasteiger partial charge in [-0.1, -0.05) is 30.4 Å². The van der Waals surface area contributed by atoms with Crippen molar-refractivity contribution in [2.24, 2.45) is 11.7 Å². The number of pyridine rings is 1. The molecule has 1 fully saturated rings. The first kappa shape index (κ1) is 14.2. The average Bonchev–Trinajstić information content (AvgIpc) is 2.53. The molecule has 21 heavy (non-hydrogen) atoms. The van der Waals surface area contributed by atoms with Crippen LogP contribution in [0.2, 0.25) is 0 Å². The molecule has 0 aliphatic carbocycles. The number of anilines is 1. The number of nitrogens with two attached hydrogens (primary N) is 1. The van der Waals surface area contributed by atoms with Crippen molar-refractivity contribution in [1.82, 2.24) is 4.98 Å². The van der Waals surface area contributed by atoms with E-state index in [0.29, 0.717) is 10.9 Å². The Balaban J connectivity index is 1.90. The summed E-state index contributed by atoms with van der Waals surface area (Å²) in [5, 5.41) is 4.61. The number of ether oxygens (including phenoxy) is 1. The van der Waals surface area contributed by atoms with Gasteiger partial charge in [-0.15, -0.1) is 0 Å². The molecule has 1 aliphatic heterocycles. The van der Waals surface area contributed by atoms with E-state index in [1.165, 1.54) is 0 Å². The monoisotopic (exact) mass is 301 g/mol. The smallest absolute Gasteiger partial charge is 0.107 e. The van der Waals surface area contributed by atoms with Crippen molar-refractivity contribution in [3.05, 3.63) is 36.0 Å². The lowest BCUT2D eigenvalue weighted by molar-refractivity contribution is 0.0699. The molecule has 0 unspecified atom stereocenters. The molecule has 0 amide bonds. The molecule has 3 rings (SSSR count). The second-order valence-electron chi connectivity index (χ2n) is 5.36. The number of nitrogens with one attached hydrogen (secondary N) is 1. The highest BCUT2D eigenvalue weighted by atomic mass is 32.1. The average molecular weight is 301 g/mol. The molecule has 110 valence electrons. The lowest BCUT2D eigenvalue weighted by Gasteiger charge is -2.23. The van der Waals surface area contributed by atoms with E-state index in [1.54, 1.807) is 6.20 Å². The minimum absolute atomic E-state index is 0.378.